The van der Waals surface area contributed by atoms with Gasteiger partial charge in [-0.15, -0.1) is 35.3 Å². The lowest BCUT2D eigenvalue weighted by Crippen LogP contribution is -2.36. The van der Waals surface area contributed by atoms with Crippen molar-refractivity contribution in [3.63, 3.8) is 0 Å². The van der Waals surface area contributed by atoms with Crippen LogP contribution in [0.2, 0.25) is 0 Å². The first-order chi connectivity index (χ1) is 10.1. The van der Waals surface area contributed by atoms with Crippen LogP contribution in [-0.2, 0) is 23.7 Å². The van der Waals surface area contributed by atoms with Crippen LogP contribution in [0.5, 0.6) is 0 Å². The van der Waals surface area contributed by atoms with Crippen LogP contribution < -0.4 is 0 Å². The monoisotopic (exact) mass is 356 g/mol. The molecule has 1 saturated heterocycles. The third-order valence-electron chi connectivity index (χ3n) is 3.31. The van der Waals surface area contributed by atoms with Crippen molar-refractivity contribution in [3.8, 4) is 0 Å². The molecule has 0 aromatic rings. The molecule has 1 rings (SSSR count). The van der Waals surface area contributed by atoms with E-state index in [1.54, 1.807) is 42.4 Å². The number of cyclic esters (lactones) is 1. The Kier molecular flexibility index (Phi) is 9.47. The summed E-state index contributed by atoms with van der Waals surface area (Å²) in [7, 11) is 1.62. The highest BCUT2D eigenvalue weighted by atomic mass is 32.3. The van der Waals surface area contributed by atoms with Gasteiger partial charge in [-0.25, -0.2) is 0 Å². The van der Waals surface area contributed by atoms with Crippen LogP contribution >= 0.6 is 35.3 Å². The lowest BCUT2D eigenvalue weighted by atomic mass is 10.0. The van der Waals surface area contributed by atoms with Crippen molar-refractivity contribution >= 4 is 41.3 Å². The molecule has 0 aromatic heterocycles. The molecular formula is C13H24O5S3. The van der Waals surface area contributed by atoms with Gasteiger partial charge in [-0.3, -0.25) is 4.79 Å². The van der Waals surface area contributed by atoms with Gasteiger partial charge in [-0.05, 0) is 18.8 Å². The first-order valence-electron chi connectivity index (χ1n) is 6.62. The van der Waals surface area contributed by atoms with Gasteiger partial charge < -0.3 is 18.9 Å². The van der Waals surface area contributed by atoms with E-state index in [2.05, 4.69) is 18.8 Å². The van der Waals surface area contributed by atoms with Gasteiger partial charge in [0.1, 0.15) is 16.3 Å². The second-order valence-corrected chi connectivity index (χ2v) is 8.38. The first kappa shape index (κ1) is 19.4. The molecule has 0 bridgehead atoms. The SMILES string of the molecule is COCCOCOC[C@H]1OC(=O)C[C@@H]1C(SC)(SC)SC. The molecule has 1 heterocycles. The number of hydrogen-bond acceptors (Lipinski definition) is 8. The molecule has 8 heteroatoms. The van der Waals surface area contributed by atoms with Crippen LogP contribution in [-0.4, -0.2) is 68.0 Å². The summed E-state index contributed by atoms with van der Waals surface area (Å²) in [5.74, 6) is -0.0144. The summed E-state index contributed by atoms with van der Waals surface area (Å²) >= 11 is 5.28. The Morgan fingerprint density at radius 3 is 2.43 bits per heavy atom. The lowest BCUT2D eigenvalue weighted by molar-refractivity contribution is -0.147. The fourth-order valence-corrected chi connectivity index (χ4v) is 5.86. The molecule has 0 amide bonds. The van der Waals surface area contributed by atoms with E-state index >= 15 is 0 Å². The number of carbonyl (C=O) groups is 1. The van der Waals surface area contributed by atoms with Crippen LogP contribution in [0.3, 0.4) is 0 Å². The van der Waals surface area contributed by atoms with E-state index in [1.165, 1.54) is 0 Å². The number of carbonyl (C=O) groups excluding carboxylic acids is 1. The van der Waals surface area contributed by atoms with Crippen molar-refractivity contribution < 1.29 is 23.7 Å². The Morgan fingerprint density at radius 1 is 1.19 bits per heavy atom. The van der Waals surface area contributed by atoms with Crippen LogP contribution in [0.15, 0.2) is 0 Å². The lowest BCUT2D eigenvalue weighted by Gasteiger charge is -2.35. The van der Waals surface area contributed by atoms with E-state index in [0.717, 1.165) is 0 Å². The van der Waals surface area contributed by atoms with Crippen LogP contribution in [0, 0.1) is 5.92 Å². The third-order valence-corrected chi connectivity index (χ3v) is 8.92. The minimum Gasteiger partial charge on any atom is -0.459 e. The summed E-state index contributed by atoms with van der Waals surface area (Å²) in [5.41, 5.74) is 0. The van der Waals surface area contributed by atoms with Gasteiger partial charge in [0.15, 0.2) is 0 Å². The fraction of sp³-hybridized carbons (Fsp3) is 0.923. The predicted molar refractivity (Wildman–Crippen MR) is 89.9 cm³/mol. The Labute approximate surface area is 139 Å². The van der Waals surface area contributed by atoms with Gasteiger partial charge >= 0.3 is 5.97 Å². The number of hydrogen-bond donors (Lipinski definition) is 0. The van der Waals surface area contributed by atoms with Gasteiger partial charge in [0.2, 0.25) is 0 Å². The van der Waals surface area contributed by atoms with E-state index in [1.807, 2.05) is 0 Å². The highest BCUT2D eigenvalue weighted by Gasteiger charge is 2.48. The highest BCUT2D eigenvalue weighted by Crippen LogP contribution is 2.53. The number of esters is 1. The summed E-state index contributed by atoms with van der Waals surface area (Å²) in [6.45, 7) is 1.59. The second kappa shape index (κ2) is 10.2. The number of ether oxygens (including phenoxy) is 4. The average Bonchev–Trinajstić information content (AvgIpc) is 2.87. The maximum Gasteiger partial charge on any atom is 0.306 e. The van der Waals surface area contributed by atoms with E-state index < -0.39 is 0 Å². The summed E-state index contributed by atoms with van der Waals surface area (Å²) in [5, 5.41) is 0. The van der Waals surface area contributed by atoms with Crippen molar-refractivity contribution in [3.05, 3.63) is 0 Å². The van der Waals surface area contributed by atoms with Crippen molar-refractivity contribution in [2.75, 3.05) is 52.5 Å². The minimum atomic E-state index is -0.212. The van der Waals surface area contributed by atoms with Gasteiger partial charge in [0.25, 0.3) is 0 Å². The largest absolute Gasteiger partial charge is 0.459 e. The molecule has 0 aromatic carbocycles. The normalized spacial score (nSPS) is 22.6. The van der Waals surface area contributed by atoms with Gasteiger partial charge in [-0.2, -0.15) is 0 Å². The summed E-state index contributed by atoms with van der Waals surface area (Å²) in [6, 6.07) is 0. The molecule has 0 unspecified atom stereocenters. The molecule has 1 aliphatic heterocycles. The maximum atomic E-state index is 11.7. The Hall–Kier alpha value is 0.400. The molecule has 0 spiro atoms. The molecule has 0 N–H and O–H groups in total. The van der Waals surface area contributed by atoms with Crippen LogP contribution in [0.25, 0.3) is 0 Å². The quantitative estimate of drug-likeness (QED) is 0.318. The molecule has 2 atom stereocenters. The average molecular weight is 357 g/mol. The standard InChI is InChI=1S/C13H24O5S3/c1-15-5-6-16-9-17-8-11-10(7-12(14)18-11)13(19-2,20-3)21-4/h10-11H,5-9H2,1-4H3/t10-,11+/m0/s1. The molecule has 0 aliphatic carbocycles. The Bertz CT molecular complexity index is 304. The zero-order valence-electron chi connectivity index (χ0n) is 13.0. The van der Waals surface area contributed by atoms with E-state index in [4.69, 9.17) is 18.9 Å². The van der Waals surface area contributed by atoms with Crippen molar-refractivity contribution in [1.82, 2.24) is 0 Å². The second-order valence-electron chi connectivity index (χ2n) is 4.44. The summed E-state index contributed by atoms with van der Waals surface area (Å²) in [4.78, 5) is 11.7. The summed E-state index contributed by atoms with van der Waals surface area (Å²) < 4.78 is 21.0. The molecule has 5 nitrogen and oxygen atoms in total. The Balaban J connectivity index is 2.49. The zero-order chi connectivity index (χ0) is 15.7. The number of methoxy groups -OCH3 is 1. The smallest absolute Gasteiger partial charge is 0.306 e. The number of thioether (sulfide) groups is 3. The molecule has 0 radical (unpaired) electrons. The van der Waals surface area contributed by atoms with Gasteiger partial charge in [0, 0.05) is 13.0 Å². The Morgan fingerprint density at radius 2 is 1.86 bits per heavy atom. The van der Waals surface area contributed by atoms with Gasteiger partial charge in [-0.1, -0.05) is 0 Å². The molecular weight excluding hydrogens is 332 g/mol. The van der Waals surface area contributed by atoms with E-state index in [-0.39, 0.29) is 28.2 Å². The molecule has 21 heavy (non-hydrogen) atoms. The predicted octanol–water partition coefficient (Wildman–Crippen LogP) is 2.30. The topological polar surface area (TPSA) is 54.0 Å². The van der Waals surface area contributed by atoms with Crippen molar-refractivity contribution in [2.24, 2.45) is 5.92 Å². The van der Waals surface area contributed by atoms with Crippen molar-refractivity contribution in [2.45, 2.75) is 15.9 Å². The fourth-order valence-electron chi connectivity index (χ4n) is 2.24. The molecule has 1 aliphatic rings. The number of rotatable bonds is 11. The first-order valence-corrected chi connectivity index (χ1v) is 10.3. The zero-order valence-corrected chi connectivity index (χ0v) is 15.4. The van der Waals surface area contributed by atoms with E-state index in [0.29, 0.717) is 26.2 Å². The highest BCUT2D eigenvalue weighted by molar-refractivity contribution is 8.33. The van der Waals surface area contributed by atoms with Crippen molar-refractivity contribution in [1.29, 1.82) is 0 Å². The molecule has 1 fully saturated rings. The van der Waals surface area contributed by atoms with Gasteiger partial charge in [0.05, 0.1) is 26.2 Å². The maximum absolute atomic E-state index is 11.7. The van der Waals surface area contributed by atoms with Crippen LogP contribution in [0.1, 0.15) is 6.42 Å². The molecule has 124 valence electrons. The van der Waals surface area contributed by atoms with E-state index in [9.17, 15) is 4.79 Å². The van der Waals surface area contributed by atoms with Crippen LogP contribution in [0.4, 0.5) is 0 Å². The summed E-state index contributed by atoms with van der Waals surface area (Å²) in [6.07, 6.45) is 6.45. The minimum absolute atomic E-state index is 0.0862. The molecule has 0 saturated carbocycles. The third kappa shape index (κ3) is 5.51.